The third kappa shape index (κ3) is 5.57. The first-order chi connectivity index (χ1) is 13.0. The third-order valence-corrected chi connectivity index (χ3v) is 5.22. The van der Waals surface area contributed by atoms with Gasteiger partial charge >= 0.3 is 0 Å². The molecule has 4 N–H and O–H groups in total. The Hall–Kier alpha value is -1.88. The van der Waals surface area contributed by atoms with E-state index in [1.807, 2.05) is 12.1 Å². The molecule has 2 fully saturated rings. The summed E-state index contributed by atoms with van der Waals surface area (Å²) in [5.41, 5.74) is 6.85. The Balaban J connectivity index is 0.00000280. The molecule has 3 rings (SSSR count). The lowest BCUT2D eigenvalue weighted by atomic mass is 9.87. The van der Waals surface area contributed by atoms with E-state index in [1.54, 1.807) is 19.2 Å². The summed E-state index contributed by atoms with van der Waals surface area (Å²) in [4.78, 5) is 29.3. The maximum absolute atomic E-state index is 11.9. The fourth-order valence-corrected chi connectivity index (χ4v) is 3.64. The van der Waals surface area contributed by atoms with Gasteiger partial charge in [-0.15, -0.1) is 24.0 Å². The van der Waals surface area contributed by atoms with Crippen molar-refractivity contribution >= 4 is 41.8 Å². The SMILES string of the molecule is CN=C(NCc1ccc(C(=O)NCC(N)=O)cc1)N1CCC2(CCOC2)C1.I. The molecule has 0 aromatic heterocycles. The standard InChI is InChI=1S/C19H27N5O3.HI/c1-21-18(24-8-6-19(12-24)7-9-27-13-19)23-10-14-2-4-15(5-3-14)17(26)22-11-16(20)25;/h2-5H,6-13H2,1H3,(H2,20,25)(H,21,23)(H,22,26);1H. The number of aliphatic imine (C=N–C) groups is 1. The molecule has 1 unspecified atom stereocenters. The number of hydrogen-bond donors (Lipinski definition) is 3. The van der Waals surface area contributed by atoms with Crippen LogP contribution in [0.2, 0.25) is 0 Å². The first-order valence-electron chi connectivity index (χ1n) is 9.20. The molecule has 2 saturated heterocycles. The molecule has 1 atom stereocenters. The van der Waals surface area contributed by atoms with Crippen LogP contribution in [0.5, 0.6) is 0 Å². The van der Waals surface area contributed by atoms with Gasteiger partial charge < -0.3 is 26.0 Å². The summed E-state index contributed by atoms with van der Waals surface area (Å²) in [6.45, 7) is 4.13. The van der Waals surface area contributed by atoms with E-state index >= 15 is 0 Å². The fourth-order valence-electron chi connectivity index (χ4n) is 3.64. The van der Waals surface area contributed by atoms with Crippen molar-refractivity contribution in [2.75, 3.05) is 39.9 Å². The largest absolute Gasteiger partial charge is 0.381 e. The number of carbonyl (C=O) groups is 2. The first kappa shape index (κ1) is 22.4. The van der Waals surface area contributed by atoms with Crippen LogP contribution < -0.4 is 16.4 Å². The number of amides is 2. The Morgan fingerprint density at radius 1 is 1.25 bits per heavy atom. The highest BCUT2D eigenvalue weighted by Gasteiger charge is 2.42. The summed E-state index contributed by atoms with van der Waals surface area (Å²) in [5, 5.41) is 5.87. The number of primary amides is 1. The van der Waals surface area contributed by atoms with Crippen molar-refractivity contribution in [3.63, 3.8) is 0 Å². The zero-order chi connectivity index (χ0) is 19.3. The Morgan fingerprint density at radius 2 is 2.00 bits per heavy atom. The van der Waals surface area contributed by atoms with Crippen molar-refractivity contribution in [2.45, 2.75) is 19.4 Å². The zero-order valence-electron chi connectivity index (χ0n) is 16.1. The highest BCUT2D eigenvalue weighted by molar-refractivity contribution is 14.0. The molecule has 9 heteroatoms. The average Bonchev–Trinajstić information content (AvgIpc) is 3.31. The molecule has 28 heavy (non-hydrogen) atoms. The second-order valence-corrected chi connectivity index (χ2v) is 7.22. The molecule has 2 amide bonds. The van der Waals surface area contributed by atoms with E-state index in [1.165, 1.54) is 0 Å². The van der Waals surface area contributed by atoms with E-state index in [-0.39, 0.29) is 41.8 Å². The van der Waals surface area contributed by atoms with Crippen molar-refractivity contribution in [1.29, 1.82) is 0 Å². The Labute approximate surface area is 182 Å². The number of carbonyl (C=O) groups excluding carboxylic acids is 2. The Morgan fingerprint density at radius 3 is 2.61 bits per heavy atom. The van der Waals surface area contributed by atoms with Gasteiger partial charge in [-0.2, -0.15) is 0 Å². The highest BCUT2D eigenvalue weighted by atomic mass is 127. The fraction of sp³-hybridized carbons (Fsp3) is 0.526. The van der Waals surface area contributed by atoms with Crippen LogP contribution in [0.25, 0.3) is 0 Å². The maximum Gasteiger partial charge on any atom is 0.251 e. The van der Waals surface area contributed by atoms with Crippen LogP contribution in [-0.2, 0) is 16.1 Å². The lowest BCUT2D eigenvalue weighted by Crippen LogP contribution is -2.41. The minimum absolute atomic E-state index is 0. The molecule has 2 aliphatic heterocycles. The van der Waals surface area contributed by atoms with Gasteiger partial charge in [0, 0.05) is 44.3 Å². The summed E-state index contributed by atoms with van der Waals surface area (Å²) in [7, 11) is 1.80. The summed E-state index contributed by atoms with van der Waals surface area (Å²) in [6.07, 6.45) is 2.27. The first-order valence-corrected chi connectivity index (χ1v) is 9.20. The predicted molar refractivity (Wildman–Crippen MR) is 118 cm³/mol. The Kier molecular flexibility index (Phi) is 8.05. The average molecular weight is 501 g/mol. The molecule has 0 bridgehead atoms. The van der Waals surface area contributed by atoms with E-state index in [4.69, 9.17) is 10.5 Å². The molecular weight excluding hydrogens is 473 g/mol. The molecule has 0 radical (unpaired) electrons. The van der Waals surface area contributed by atoms with Gasteiger partial charge in [0.2, 0.25) is 5.91 Å². The van der Waals surface area contributed by atoms with E-state index in [2.05, 4.69) is 20.5 Å². The number of nitrogens with zero attached hydrogens (tertiary/aromatic N) is 2. The van der Waals surface area contributed by atoms with Gasteiger partial charge in [-0.05, 0) is 30.5 Å². The number of nitrogens with two attached hydrogens (primary N) is 1. The van der Waals surface area contributed by atoms with Crippen molar-refractivity contribution < 1.29 is 14.3 Å². The number of hydrogen-bond acceptors (Lipinski definition) is 4. The normalized spacial score (nSPS) is 21.5. The predicted octanol–water partition coefficient (Wildman–Crippen LogP) is 0.708. The van der Waals surface area contributed by atoms with Gasteiger partial charge in [0.05, 0.1) is 13.2 Å². The summed E-state index contributed by atoms with van der Waals surface area (Å²) in [6, 6.07) is 7.24. The smallest absolute Gasteiger partial charge is 0.251 e. The van der Waals surface area contributed by atoms with Crippen molar-refractivity contribution in [2.24, 2.45) is 16.1 Å². The Bertz CT molecular complexity index is 717. The van der Waals surface area contributed by atoms with Crippen LogP contribution >= 0.6 is 24.0 Å². The molecule has 0 aliphatic carbocycles. The lowest BCUT2D eigenvalue weighted by Gasteiger charge is -2.25. The van der Waals surface area contributed by atoms with E-state index in [0.717, 1.165) is 50.7 Å². The van der Waals surface area contributed by atoms with Gasteiger partial charge in [-0.1, -0.05) is 12.1 Å². The van der Waals surface area contributed by atoms with Gasteiger partial charge in [-0.25, -0.2) is 0 Å². The van der Waals surface area contributed by atoms with Crippen LogP contribution in [0.1, 0.15) is 28.8 Å². The van der Waals surface area contributed by atoms with Crippen LogP contribution in [-0.4, -0.2) is 62.6 Å². The molecular formula is C19H28IN5O3. The lowest BCUT2D eigenvalue weighted by molar-refractivity contribution is -0.117. The minimum Gasteiger partial charge on any atom is -0.381 e. The summed E-state index contributed by atoms with van der Waals surface area (Å²) in [5.74, 6) is 0.00994. The van der Waals surface area contributed by atoms with Gasteiger partial charge in [0.25, 0.3) is 5.91 Å². The molecule has 2 heterocycles. The van der Waals surface area contributed by atoms with Gasteiger partial charge in [-0.3, -0.25) is 14.6 Å². The quantitative estimate of drug-likeness (QED) is 0.313. The van der Waals surface area contributed by atoms with Crippen LogP contribution in [0.4, 0.5) is 0 Å². The number of nitrogens with one attached hydrogen (secondary N) is 2. The van der Waals surface area contributed by atoms with Crippen molar-refractivity contribution in [3.8, 4) is 0 Å². The van der Waals surface area contributed by atoms with Crippen molar-refractivity contribution in [1.82, 2.24) is 15.5 Å². The monoisotopic (exact) mass is 501 g/mol. The summed E-state index contributed by atoms with van der Waals surface area (Å²) >= 11 is 0. The number of likely N-dealkylation sites (tertiary alicyclic amines) is 1. The molecule has 2 aliphatic rings. The topological polar surface area (TPSA) is 109 Å². The number of ether oxygens (including phenoxy) is 1. The number of benzene rings is 1. The van der Waals surface area contributed by atoms with Crippen LogP contribution in [0, 0.1) is 5.41 Å². The second kappa shape index (κ2) is 10.1. The van der Waals surface area contributed by atoms with E-state index < -0.39 is 5.91 Å². The molecule has 8 nitrogen and oxygen atoms in total. The van der Waals surface area contributed by atoms with E-state index in [0.29, 0.717) is 12.1 Å². The highest BCUT2D eigenvalue weighted by Crippen LogP contribution is 2.38. The van der Waals surface area contributed by atoms with E-state index in [9.17, 15) is 9.59 Å². The van der Waals surface area contributed by atoms with Gasteiger partial charge in [0.1, 0.15) is 0 Å². The molecule has 1 aromatic rings. The second-order valence-electron chi connectivity index (χ2n) is 7.22. The molecule has 1 aromatic carbocycles. The maximum atomic E-state index is 11.9. The van der Waals surface area contributed by atoms with Gasteiger partial charge in [0.15, 0.2) is 5.96 Å². The van der Waals surface area contributed by atoms with Crippen LogP contribution in [0.15, 0.2) is 29.3 Å². The third-order valence-electron chi connectivity index (χ3n) is 5.22. The molecule has 1 spiro atoms. The number of guanidine groups is 1. The number of halogens is 1. The summed E-state index contributed by atoms with van der Waals surface area (Å²) < 4.78 is 5.59. The zero-order valence-corrected chi connectivity index (χ0v) is 18.4. The minimum atomic E-state index is -0.566. The van der Waals surface area contributed by atoms with Crippen molar-refractivity contribution in [3.05, 3.63) is 35.4 Å². The number of rotatable bonds is 5. The molecule has 0 saturated carbocycles. The van der Waals surface area contributed by atoms with Crippen LogP contribution in [0.3, 0.4) is 0 Å². The molecule has 154 valence electrons.